The monoisotopic (exact) mass is 282 g/mol. The second-order valence-corrected chi connectivity index (χ2v) is 7.53. The summed E-state index contributed by atoms with van der Waals surface area (Å²) < 4.78 is 27.5. The van der Waals surface area contributed by atoms with E-state index in [-0.39, 0.29) is 5.41 Å². The van der Waals surface area contributed by atoms with E-state index in [0.29, 0.717) is 18.0 Å². The Morgan fingerprint density at radius 2 is 2.05 bits per heavy atom. The second kappa shape index (κ2) is 5.23. The minimum absolute atomic E-state index is 0.131. The third-order valence-corrected chi connectivity index (χ3v) is 5.57. The molecule has 0 amide bonds. The Bertz CT molecular complexity index is 563. The number of aryl methyl sites for hydroxylation is 1. The second-order valence-electron chi connectivity index (χ2n) is 5.79. The summed E-state index contributed by atoms with van der Waals surface area (Å²) >= 11 is 0. The quantitative estimate of drug-likeness (QED) is 0.866. The third kappa shape index (κ3) is 3.16. The van der Waals surface area contributed by atoms with Gasteiger partial charge in [0.15, 0.2) is 0 Å². The Morgan fingerprint density at radius 3 is 2.58 bits per heavy atom. The van der Waals surface area contributed by atoms with Gasteiger partial charge in [-0.3, -0.25) is 0 Å². The van der Waals surface area contributed by atoms with Crippen molar-refractivity contribution in [2.24, 2.45) is 11.1 Å². The molecule has 0 saturated heterocycles. The number of hydrogen-bond donors (Lipinski definition) is 2. The van der Waals surface area contributed by atoms with E-state index in [1.54, 1.807) is 13.0 Å². The highest BCUT2D eigenvalue weighted by Gasteiger charge is 2.33. The molecule has 1 aliphatic carbocycles. The van der Waals surface area contributed by atoms with Crippen LogP contribution in [-0.2, 0) is 16.6 Å². The van der Waals surface area contributed by atoms with Crippen LogP contribution in [0, 0.1) is 12.3 Å². The number of rotatable bonds is 5. The van der Waals surface area contributed by atoms with Crippen molar-refractivity contribution in [2.75, 3.05) is 6.54 Å². The van der Waals surface area contributed by atoms with Crippen molar-refractivity contribution >= 4 is 10.0 Å². The molecule has 0 aliphatic heterocycles. The summed E-state index contributed by atoms with van der Waals surface area (Å²) in [5, 5.41) is 0. The highest BCUT2D eigenvalue weighted by molar-refractivity contribution is 7.89. The van der Waals surface area contributed by atoms with Crippen molar-refractivity contribution in [1.82, 2.24) is 4.72 Å². The van der Waals surface area contributed by atoms with Crippen LogP contribution in [0.5, 0.6) is 0 Å². The SMILES string of the molecule is Cc1ccc(CN)cc1S(=O)(=O)NCC1(C)CCC1. The molecule has 0 aromatic heterocycles. The first kappa shape index (κ1) is 14.5. The van der Waals surface area contributed by atoms with Crippen molar-refractivity contribution in [1.29, 1.82) is 0 Å². The van der Waals surface area contributed by atoms with E-state index in [2.05, 4.69) is 11.6 Å². The zero-order valence-electron chi connectivity index (χ0n) is 11.6. The Morgan fingerprint density at radius 1 is 1.37 bits per heavy atom. The van der Waals surface area contributed by atoms with E-state index in [4.69, 9.17) is 5.73 Å². The summed E-state index contributed by atoms with van der Waals surface area (Å²) in [5.74, 6) is 0. The van der Waals surface area contributed by atoms with Crippen molar-refractivity contribution < 1.29 is 8.42 Å². The number of nitrogens with one attached hydrogen (secondary N) is 1. The Hall–Kier alpha value is -0.910. The summed E-state index contributed by atoms with van der Waals surface area (Å²) in [6.45, 7) is 4.80. The van der Waals surface area contributed by atoms with Crippen LogP contribution in [0.2, 0.25) is 0 Å². The fraction of sp³-hybridized carbons (Fsp3) is 0.571. The van der Waals surface area contributed by atoms with Crippen molar-refractivity contribution in [2.45, 2.75) is 44.6 Å². The highest BCUT2D eigenvalue weighted by Crippen LogP contribution is 2.39. The fourth-order valence-corrected chi connectivity index (χ4v) is 3.86. The molecule has 1 saturated carbocycles. The molecule has 106 valence electrons. The van der Waals surface area contributed by atoms with E-state index in [1.165, 1.54) is 6.42 Å². The molecule has 1 aliphatic rings. The van der Waals surface area contributed by atoms with Gasteiger partial charge in [0.2, 0.25) is 10.0 Å². The van der Waals surface area contributed by atoms with Crippen LogP contribution in [0.4, 0.5) is 0 Å². The number of benzene rings is 1. The maximum Gasteiger partial charge on any atom is 0.240 e. The lowest BCUT2D eigenvalue weighted by Crippen LogP contribution is -2.40. The van der Waals surface area contributed by atoms with Crippen LogP contribution in [0.15, 0.2) is 23.1 Å². The topological polar surface area (TPSA) is 72.2 Å². The van der Waals surface area contributed by atoms with Gasteiger partial charge in [-0.2, -0.15) is 0 Å². The maximum absolute atomic E-state index is 12.4. The third-order valence-electron chi connectivity index (χ3n) is 4.03. The van der Waals surface area contributed by atoms with Gasteiger partial charge in [0.05, 0.1) is 4.90 Å². The van der Waals surface area contributed by atoms with Gasteiger partial charge in [-0.25, -0.2) is 13.1 Å². The van der Waals surface area contributed by atoms with Gasteiger partial charge in [0.1, 0.15) is 0 Å². The Balaban J connectivity index is 2.18. The summed E-state index contributed by atoms with van der Waals surface area (Å²) in [4.78, 5) is 0.346. The zero-order valence-corrected chi connectivity index (χ0v) is 12.4. The van der Waals surface area contributed by atoms with Crippen LogP contribution in [0.25, 0.3) is 0 Å². The van der Waals surface area contributed by atoms with E-state index in [0.717, 1.165) is 24.0 Å². The van der Waals surface area contributed by atoms with Crippen LogP contribution in [0.1, 0.15) is 37.3 Å². The van der Waals surface area contributed by atoms with Gasteiger partial charge in [0.25, 0.3) is 0 Å². The fourth-order valence-electron chi connectivity index (χ4n) is 2.37. The average Bonchev–Trinajstić information content (AvgIpc) is 2.34. The van der Waals surface area contributed by atoms with Gasteiger partial charge in [-0.05, 0) is 42.4 Å². The summed E-state index contributed by atoms with van der Waals surface area (Å²) in [6.07, 6.45) is 3.38. The minimum atomic E-state index is -3.44. The molecule has 1 aromatic rings. The lowest BCUT2D eigenvalue weighted by Gasteiger charge is -2.38. The minimum Gasteiger partial charge on any atom is -0.326 e. The first-order valence-electron chi connectivity index (χ1n) is 6.66. The predicted molar refractivity (Wildman–Crippen MR) is 76.2 cm³/mol. The molecule has 2 rings (SSSR count). The van der Waals surface area contributed by atoms with E-state index in [9.17, 15) is 8.42 Å². The van der Waals surface area contributed by atoms with Gasteiger partial charge in [-0.15, -0.1) is 0 Å². The van der Waals surface area contributed by atoms with Gasteiger partial charge >= 0.3 is 0 Å². The molecular formula is C14H22N2O2S. The van der Waals surface area contributed by atoms with Crippen molar-refractivity contribution in [3.63, 3.8) is 0 Å². The molecule has 1 aromatic carbocycles. The summed E-state index contributed by atoms with van der Waals surface area (Å²) in [5.41, 5.74) is 7.29. The van der Waals surface area contributed by atoms with Crippen LogP contribution >= 0.6 is 0 Å². The molecule has 0 bridgehead atoms. The van der Waals surface area contributed by atoms with Gasteiger partial charge in [-0.1, -0.05) is 25.5 Å². The first-order valence-corrected chi connectivity index (χ1v) is 8.14. The maximum atomic E-state index is 12.4. The molecule has 4 nitrogen and oxygen atoms in total. The van der Waals surface area contributed by atoms with E-state index < -0.39 is 10.0 Å². The molecule has 0 spiro atoms. The number of hydrogen-bond acceptors (Lipinski definition) is 3. The zero-order chi connectivity index (χ0) is 14.1. The highest BCUT2D eigenvalue weighted by atomic mass is 32.2. The smallest absolute Gasteiger partial charge is 0.240 e. The molecule has 3 N–H and O–H groups in total. The molecule has 1 fully saturated rings. The molecule has 19 heavy (non-hydrogen) atoms. The van der Waals surface area contributed by atoms with E-state index >= 15 is 0 Å². The molecule has 5 heteroatoms. The van der Waals surface area contributed by atoms with Crippen LogP contribution < -0.4 is 10.5 Å². The molecular weight excluding hydrogens is 260 g/mol. The molecule has 0 radical (unpaired) electrons. The Kier molecular flexibility index (Phi) is 3.99. The van der Waals surface area contributed by atoms with Crippen LogP contribution in [0.3, 0.4) is 0 Å². The summed E-state index contributed by atoms with van der Waals surface area (Å²) in [6, 6.07) is 5.34. The van der Waals surface area contributed by atoms with Crippen molar-refractivity contribution in [3.05, 3.63) is 29.3 Å². The first-order chi connectivity index (χ1) is 8.86. The number of nitrogens with two attached hydrogens (primary N) is 1. The molecule has 0 heterocycles. The van der Waals surface area contributed by atoms with Gasteiger partial charge in [0, 0.05) is 13.1 Å². The predicted octanol–water partition coefficient (Wildman–Crippen LogP) is 1.92. The normalized spacial score (nSPS) is 18.1. The number of sulfonamides is 1. The molecule has 0 unspecified atom stereocenters. The standard InChI is InChI=1S/C14H22N2O2S/c1-11-4-5-12(9-15)8-13(11)19(17,18)16-10-14(2)6-3-7-14/h4-5,8,16H,3,6-7,9-10,15H2,1-2H3. The lowest BCUT2D eigenvalue weighted by molar-refractivity contribution is 0.166. The molecule has 0 atom stereocenters. The average molecular weight is 282 g/mol. The largest absolute Gasteiger partial charge is 0.326 e. The lowest BCUT2D eigenvalue weighted by atomic mass is 9.71. The Labute approximate surface area is 115 Å². The van der Waals surface area contributed by atoms with Crippen molar-refractivity contribution in [3.8, 4) is 0 Å². The van der Waals surface area contributed by atoms with Crippen LogP contribution in [-0.4, -0.2) is 15.0 Å². The van der Waals surface area contributed by atoms with Gasteiger partial charge < -0.3 is 5.73 Å². The summed E-state index contributed by atoms with van der Waals surface area (Å²) in [7, 11) is -3.44. The van der Waals surface area contributed by atoms with E-state index in [1.807, 2.05) is 12.1 Å².